The summed E-state index contributed by atoms with van der Waals surface area (Å²) in [4.78, 5) is 12.7. The molecule has 0 saturated carbocycles. The van der Waals surface area contributed by atoms with E-state index < -0.39 is 0 Å². The van der Waals surface area contributed by atoms with Crippen LogP contribution in [0.25, 0.3) is 0 Å². The van der Waals surface area contributed by atoms with Gasteiger partial charge in [0.15, 0.2) is 0 Å². The average Bonchev–Trinajstić information content (AvgIpc) is 2.85. The van der Waals surface area contributed by atoms with Gasteiger partial charge in [0.2, 0.25) is 0 Å². The first kappa shape index (κ1) is 13.3. The number of hydrogen-bond acceptors (Lipinski definition) is 4. The smallest absolute Gasteiger partial charge is 0.261 e. The van der Waals surface area contributed by atoms with Crippen LogP contribution in [-0.4, -0.2) is 11.1 Å². The highest BCUT2D eigenvalue weighted by Crippen LogP contribution is 2.24. The molecular weight excluding hydrogens is 316 g/mol. The van der Waals surface area contributed by atoms with Gasteiger partial charge in [-0.05, 0) is 48.8 Å². The normalized spacial score (nSPS) is 12.4. The molecule has 2 heterocycles. The number of nitrogens with zero attached hydrogens (tertiary/aromatic N) is 1. The highest BCUT2D eigenvalue weighted by atomic mass is 79.9. The fourth-order valence-corrected chi connectivity index (χ4v) is 3.17. The van der Waals surface area contributed by atoms with Gasteiger partial charge in [-0.3, -0.25) is 4.79 Å². The van der Waals surface area contributed by atoms with E-state index in [0.717, 1.165) is 20.8 Å². The standard InChI is InChI=1S/C12H13BrN2O2S/c1-6(11-7(2)15-17-8(11)3)14-12(16)9-4-5-10(13)18-9/h4-6H,1-3H3,(H,14,16). The van der Waals surface area contributed by atoms with Gasteiger partial charge in [-0.15, -0.1) is 11.3 Å². The van der Waals surface area contributed by atoms with Crippen molar-refractivity contribution in [3.05, 3.63) is 37.8 Å². The quantitative estimate of drug-likeness (QED) is 0.936. The van der Waals surface area contributed by atoms with Gasteiger partial charge >= 0.3 is 0 Å². The minimum atomic E-state index is -0.121. The molecule has 96 valence electrons. The molecule has 1 unspecified atom stereocenters. The van der Waals surface area contributed by atoms with Crippen LogP contribution in [0.1, 0.15) is 39.7 Å². The lowest BCUT2D eigenvalue weighted by atomic mass is 10.1. The Bertz CT molecular complexity index is 557. The molecule has 4 nitrogen and oxygen atoms in total. The molecule has 2 rings (SSSR count). The van der Waals surface area contributed by atoms with E-state index in [0.29, 0.717) is 4.88 Å². The van der Waals surface area contributed by atoms with Gasteiger partial charge < -0.3 is 9.84 Å². The fourth-order valence-electron chi connectivity index (χ4n) is 1.88. The maximum atomic E-state index is 12.0. The summed E-state index contributed by atoms with van der Waals surface area (Å²) in [5.74, 6) is 0.658. The molecule has 0 aliphatic carbocycles. The number of amides is 1. The number of halogens is 1. The lowest BCUT2D eigenvalue weighted by Gasteiger charge is -2.12. The maximum absolute atomic E-state index is 12.0. The monoisotopic (exact) mass is 328 g/mol. The Morgan fingerprint density at radius 1 is 1.50 bits per heavy atom. The van der Waals surface area contributed by atoms with Gasteiger partial charge in [0.05, 0.1) is 20.4 Å². The fraction of sp³-hybridized carbons (Fsp3) is 0.333. The van der Waals surface area contributed by atoms with Crippen molar-refractivity contribution >= 4 is 33.2 Å². The van der Waals surface area contributed by atoms with Gasteiger partial charge in [-0.25, -0.2) is 0 Å². The van der Waals surface area contributed by atoms with E-state index in [-0.39, 0.29) is 11.9 Å². The molecule has 0 spiro atoms. The second kappa shape index (κ2) is 5.24. The molecular formula is C12H13BrN2O2S. The minimum Gasteiger partial charge on any atom is -0.361 e. The van der Waals surface area contributed by atoms with E-state index >= 15 is 0 Å². The number of carbonyl (C=O) groups is 1. The summed E-state index contributed by atoms with van der Waals surface area (Å²) in [6.45, 7) is 5.64. The number of hydrogen-bond donors (Lipinski definition) is 1. The van der Waals surface area contributed by atoms with Gasteiger partial charge in [-0.2, -0.15) is 0 Å². The number of thiophene rings is 1. The summed E-state index contributed by atoms with van der Waals surface area (Å²) in [5, 5.41) is 6.83. The summed E-state index contributed by atoms with van der Waals surface area (Å²) in [7, 11) is 0. The van der Waals surface area contributed by atoms with Crippen molar-refractivity contribution in [3.8, 4) is 0 Å². The SMILES string of the molecule is Cc1noc(C)c1C(C)NC(=O)c1ccc(Br)s1. The highest BCUT2D eigenvalue weighted by molar-refractivity contribution is 9.11. The van der Waals surface area contributed by atoms with Crippen molar-refractivity contribution in [1.29, 1.82) is 0 Å². The molecule has 0 aliphatic heterocycles. The maximum Gasteiger partial charge on any atom is 0.261 e. The van der Waals surface area contributed by atoms with E-state index in [1.54, 1.807) is 6.07 Å². The van der Waals surface area contributed by atoms with Gasteiger partial charge in [0.1, 0.15) is 5.76 Å². The minimum absolute atomic E-state index is 0.0850. The predicted octanol–water partition coefficient (Wildman–Crippen LogP) is 3.61. The molecule has 0 bridgehead atoms. The number of carbonyl (C=O) groups excluding carboxylic acids is 1. The summed E-state index contributed by atoms with van der Waals surface area (Å²) < 4.78 is 6.04. The first-order valence-corrected chi connectivity index (χ1v) is 7.09. The molecule has 1 N–H and O–H groups in total. The molecule has 6 heteroatoms. The van der Waals surface area contributed by atoms with Crippen LogP contribution in [0.2, 0.25) is 0 Å². The Labute approximate surface area is 117 Å². The second-order valence-corrected chi connectivity index (χ2v) is 6.50. The Morgan fingerprint density at radius 3 is 2.72 bits per heavy atom. The van der Waals surface area contributed by atoms with Crippen molar-refractivity contribution in [2.75, 3.05) is 0 Å². The van der Waals surface area contributed by atoms with Gasteiger partial charge in [-0.1, -0.05) is 5.16 Å². The van der Waals surface area contributed by atoms with Crippen LogP contribution in [0.15, 0.2) is 20.4 Å². The first-order valence-electron chi connectivity index (χ1n) is 5.48. The molecule has 0 radical (unpaired) electrons. The molecule has 0 aliphatic rings. The van der Waals surface area contributed by atoms with E-state index in [1.165, 1.54) is 11.3 Å². The molecule has 2 aromatic rings. The van der Waals surface area contributed by atoms with Crippen molar-refractivity contribution in [2.24, 2.45) is 0 Å². The van der Waals surface area contributed by atoms with E-state index in [1.807, 2.05) is 26.8 Å². The largest absolute Gasteiger partial charge is 0.361 e. The summed E-state index contributed by atoms with van der Waals surface area (Å²) >= 11 is 4.75. The molecule has 18 heavy (non-hydrogen) atoms. The van der Waals surface area contributed by atoms with Crippen LogP contribution in [0, 0.1) is 13.8 Å². The van der Waals surface area contributed by atoms with E-state index in [9.17, 15) is 4.79 Å². The molecule has 1 atom stereocenters. The Balaban J connectivity index is 2.13. The Hall–Kier alpha value is -1.14. The highest BCUT2D eigenvalue weighted by Gasteiger charge is 2.19. The third-order valence-electron chi connectivity index (χ3n) is 2.67. The van der Waals surface area contributed by atoms with Crippen LogP contribution in [0.3, 0.4) is 0 Å². The van der Waals surface area contributed by atoms with Crippen LogP contribution < -0.4 is 5.32 Å². The average molecular weight is 329 g/mol. The van der Waals surface area contributed by atoms with Gasteiger partial charge in [0.25, 0.3) is 5.91 Å². The van der Waals surface area contributed by atoms with Gasteiger partial charge in [0, 0.05) is 5.56 Å². The van der Waals surface area contributed by atoms with E-state index in [4.69, 9.17) is 4.52 Å². The second-order valence-electron chi connectivity index (χ2n) is 4.04. The van der Waals surface area contributed by atoms with E-state index in [2.05, 4.69) is 26.4 Å². The third-order valence-corrected chi connectivity index (χ3v) is 4.29. The zero-order valence-electron chi connectivity index (χ0n) is 10.3. The van der Waals surface area contributed by atoms with Crippen molar-refractivity contribution < 1.29 is 9.32 Å². The number of nitrogens with one attached hydrogen (secondary N) is 1. The van der Waals surface area contributed by atoms with Crippen molar-refractivity contribution in [2.45, 2.75) is 26.8 Å². The number of aromatic nitrogens is 1. The molecule has 0 aromatic carbocycles. The summed E-state index contributed by atoms with van der Waals surface area (Å²) in [6.07, 6.45) is 0. The summed E-state index contributed by atoms with van der Waals surface area (Å²) in [5.41, 5.74) is 1.76. The number of rotatable bonds is 3. The lowest BCUT2D eigenvalue weighted by molar-refractivity contribution is 0.0944. The predicted molar refractivity (Wildman–Crippen MR) is 73.9 cm³/mol. The van der Waals surface area contributed by atoms with Crippen LogP contribution in [0.4, 0.5) is 0 Å². The van der Waals surface area contributed by atoms with Crippen molar-refractivity contribution in [3.63, 3.8) is 0 Å². The Morgan fingerprint density at radius 2 is 2.22 bits per heavy atom. The summed E-state index contributed by atoms with van der Waals surface area (Å²) in [6, 6.07) is 3.54. The van der Waals surface area contributed by atoms with Crippen LogP contribution in [-0.2, 0) is 0 Å². The first-order chi connectivity index (χ1) is 8.49. The number of aryl methyl sites for hydroxylation is 2. The van der Waals surface area contributed by atoms with Crippen LogP contribution in [0.5, 0.6) is 0 Å². The topological polar surface area (TPSA) is 55.1 Å². The Kier molecular flexibility index (Phi) is 3.87. The molecule has 0 saturated heterocycles. The van der Waals surface area contributed by atoms with Crippen molar-refractivity contribution in [1.82, 2.24) is 10.5 Å². The zero-order valence-corrected chi connectivity index (χ0v) is 12.7. The molecule has 1 amide bonds. The lowest BCUT2D eigenvalue weighted by Crippen LogP contribution is -2.26. The molecule has 2 aromatic heterocycles. The molecule has 0 fully saturated rings. The third kappa shape index (κ3) is 2.64. The van der Waals surface area contributed by atoms with Crippen LogP contribution >= 0.6 is 27.3 Å². The zero-order chi connectivity index (χ0) is 13.3.